The molecular weight excluding hydrogens is 276 g/mol. The van der Waals surface area contributed by atoms with Crippen molar-refractivity contribution < 1.29 is 9.53 Å². The van der Waals surface area contributed by atoms with Crippen LogP contribution in [-0.4, -0.2) is 24.0 Å². The van der Waals surface area contributed by atoms with E-state index in [0.717, 1.165) is 12.0 Å². The van der Waals surface area contributed by atoms with Gasteiger partial charge in [0.25, 0.3) is 5.91 Å². The highest BCUT2D eigenvalue weighted by atomic mass is 35.5. The van der Waals surface area contributed by atoms with Gasteiger partial charge in [-0.05, 0) is 30.2 Å². The molecule has 1 heterocycles. The molecule has 4 nitrogen and oxygen atoms in total. The zero-order valence-electron chi connectivity index (χ0n) is 10.9. The van der Waals surface area contributed by atoms with E-state index in [4.69, 9.17) is 16.3 Å². The van der Waals surface area contributed by atoms with Crippen molar-refractivity contribution in [2.75, 3.05) is 13.2 Å². The lowest BCUT2D eigenvalue weighted by Crippen LogP contribution is -2.30. The monoisotopic (exact) mass is 290 g/mol. The number of amides is 1. The second kappa shape index (κ2) is 7.50. The predicted octanol–water partition coefficient (Wildman–Crippen LogP) is 2.47. The van der Waals surface area contributed by atoms with Gasteiger partial charge in [0.2, 0.25) is 5.88 Å². The number of halogens is 1. The normalized spacial score (nSPS) is 10.1. The molecule has 0 radical (unpaired) electrons. The first kappa shape index (κ1) is 14.3. The fraction of sp³-hybridized carbons (Fsp3) is 0.200. The van der Waals surface area contributed by atoms with Gasteiger partial charge < -0.3 is 10.1 Å². The summed E-state index contributed by atoms with van der Waals surface area (Å²) in [4.78, 5) is 15.5. The number of ether oxygens (including phenoxy) is 1. The smallest absolute Gasteiger partial charge is 0.258 e. The molecule has 2 rings (SSSR count). The average molecular weight is 291 g/mol. The van der Waals surface area contributed by atoms with Crippen LogP contribution in [0.15, 0.2) is 48.7 Å². The Morgan fingerprint density at radius 1 is 1.20 bits per heavy atom. The zero-order chi connectivity index (χ0) is 14.2. The Balaban J connectivity index is 1.66. The molecular formula is C15H15ClN2O2. The Hall–Kier alpha value is -2.07. The Labute approximate surface area is 122 Å². The van der Waals surface area contributed by atoms with Crippen LogP contribution in [0.4, 0.5) is 0 Å². The molecule has 0 saturated carbocycles. The quantitative estimate of drug-likeness (QED) is 0.889. The lowest BCUT2D eigenvalue weighted by molar-refractivity contribution is -0.123. The van der Waals surface area contributed by atoms with E-state index in [2.05, 4.69) is 10.3 Å². The predicted molar refractivity (Wildman–Crippen MR) is 77.9 cm³/mol. The van der Waals surface area contributed by atoms with Crippen LogP contribution < -0.4 is 10.1 Å². The van der Waals surface area contributed by atoms with Gasteiger partial charge in [0.05, 0.1) is 0 Å². The van der Waals surface area contributed by atoms with E-state index < -0.39 is 0 Å². The molecule has 104 valence electrons. The molecule has 5 heteroatoms. The topological polar surface area (TPSA) is 51.2 Å². The van der Waals surface area contributed by atoms with E-state index >= 15 is 0 Å². The van der Waals surface area contributed by atoms with E-state index in [1.807, 2.05) is 24.3 Å². The van der Waals surface area contributed by atoms with Crippen LogP contribution in [0, 0.1) is 0 Å². The number of nitrogens with one attached hydrogen (secondary N) is 1. The number of hydrogen-bond acceptors (Lipinski definition) is 3. The summed E-state index contributed by atoms with van der Waals surface area (Å²) in [5.74, 6) is 0.282. The second-order valence-electron chi connectivity index (χ2n) is 4.18. The van der Waals surface area contributed by atoms with Gasteiger partial charge in [-0.3, -0.25) is 4.79 Å². The van der Waals surface area contributed by atoms with Crippen molar-refractivity contribution in [3.05, 3.63) is 59.2 Å². The number of rotatable bonds is 6. The van der Waals surface area contributed by atoms with Gasteiger partial charge in [0, 0.05) is 23.8 Å². The fourth-order valence-electron chi connectivity index (χ4n) is 1.62. The van der Waals surface area contributed by atoms with Gasteiger partial charge >= 0.3 is 0 Å². The van der Waals surface area contributed by atoms with Crippen molar-refractivity contribution in [2.45, 2.75) is 6.42 Å². The Morgan fingerprint density at radius 3 is 2.70 bits per heavy atom. The summed E-state index contributed by atoms with van der Waals surface area (Å²) >= 11 is 5.80. The number of benzene rings is 1. The molecule has 1 aromatic carbocycles. The number of aromatic nitrogens is 1. The zero-order valence-corrected chi connectivity index (χ0v) is 11.6. The minimum absolute atomic E-state index is 0.0301. The fourth-order valence-corrected chi connectivity index (χ4v) is 1.75. The van der Waals surface area contributed by atoms with E-state index in [-0.39, 0.29) is 12.5 Å². The lowest BCUT2D eigenvalue weighted by atomic mass is 10.1. The van der Waals surface area contributed by atoms with Crippen LogP contribution in [0.1, 0.15) is 5.56 Å². The van der Waals surface area contributed by atoms with Crippen LogP contribution in [0.2, 0.25) is 5.02 Å². The van der Waals surface area contributed by atoms with Crippen molar-refractivity contribution in [1.82, 2.24) is 10.3 Å². The van der Waals surface area contributed by atoms with Gasteiger partial charge in [0.15, 0.2) is 6.61 Å². The molecule has 0 aliphatic heterocycles. The van der Waals surface area contributed by atoms with Gasteiger partial charge in [-0.15, -0.1) is 0 Å². The summed E-state index contributed by atoms with van der Waals surface area (Å²) in [5.41, 5.74) is 1.13. The van der Waals surface area contributed by atoms with E-state index in [1.165, 1.54) is 0 Å². The van der Waals surface area contributed by atoms with Gasteiger partial charge in [0.1, 0.15) is 0 Å². The third kappa shape index (κ3) is 4.90. The molecule has 20 heavy (non-hydrogen) atoms. The standard InChI is InChI=1S/C15H15ClN2O2/c16-13-6-4-12(5-7-13)8-10-17-14(19)11-20-15-3-1-2-9-18-15/h1-7,9H,8,10-11H2,(H,17,19). The van der Waals surface area contributed by atoms with Crippen molar-refractivity contribution in [1.29, 1.82) is 0 Å². The average Bonchev–Trinajstić information content (AvgIpc) is 2.48. The highest BCUT2D eigenvalue weighted by molar-refractivity contribution is 6.30. The molecule has 0 bridgehead atoms. The molecule has 0 spiro atoms. The number of pyridine rings is 1. The van der Waals surface area contributed by atoms with Crippen LogP contribution in [0.25, 0.3) is 0 Å². The summed E-state index contributed by atoms with van der Waals surface area (Å²) in [6, 6.07) is 12.9. The molecule has 2 aromatic rings. The lowest BCUT2D eigenvalue weighted by Gasteiger charge is -2.06. The SMILES string of the molecule is O=C(COc1ccccn1)NCCc1ccc(Cl)cc1. The van der Waals surface area contributed by atoms with E-state index in [1.54, 1.807) is 24.4 Å². The molecule has 0 saturated heterocycles. The molecule has 0 unspecified atom stereocenters. The minimum atomic E-state index is -0.162. The molecule has 0 fully saturated rings. The highest BCUT2D eigenvalue weighted by Gasteiger charge is 2.02. The number of carbonyl (C=O) groups excluding carboxylic acids is 1. The van der Waals surface area contributed by atoms with Crippen molar-refractivity contribution in [3.63, 3.8) is 0 Å². The Bertz CT molecular complexity index is 544. The maximum Gasteiger partial charge on any atom is 0.258 e. The summed E-state index contributed by atoms with van der Waals surface area (Å²) < 4.78 is 5.25. The number of nitrogens with zero attached hydrogens (tertiary/aromatic N) is 1. The van der Waals surface area contributed by atoms with Crippen molar-refractivity contribution >= 4 is 17.5 Å². The first-order valence-electron chi connectivity index (χ1n) is 6.29. The third-order valence-electron chi connectivity index (χ3n) is 2.64. The van der Waals surface area contributed by atoms with Gasteiger partial charge in [-0.2, -0.15) is 0 Å². The minimum Gasteiger partial charge on any atom is -0.468 e. The molecule has 1 amide bonds. The molecule has 0 aliphatic rings. The Kier molecular flexibility index (Phi) is 5.38. The summed E-state index contributed by atoms with van der Waals surface area (Å²) in [5, 5.41) is 3.50. The first-order valence-corrected chi connectivity index (χ1v) is 6.67. The number of hydrogen-bond donors (Lipinski definition) is 1. The largest absolute Gasteiger partial charge is 0.468 e. The summed E-state index contributed by atoms with van der Waals surface area (Å²) in [7, 11) is 0. The molecule has 1 N–H and O–H groups in total. The van der Waals surface area contributed by atoms with Crippen LogP contribution in [0.5, 0.6) is 5.88 Å². The Morgan fingerprint density at radius 2 is 2.00 bits per heavy atom. The van der Waals surface area contributed by atoms with E-state index in [0.29, 0.717) is 17.4 Å². The van der Waals surface area contributed by atoms with Crippen LogP contribution in [-0.2, 0) is 11.2 Å². The first-order chi connectivity index (χ1) is 9.74. The highest BCUT2D eigenvalue weighted by Crippen LogP contribution is 2.09. The third-order valence-corrected chi connectivity index (χ3v) is 2.89. The summed E-state index contributed by atoms with van der Waals surface area (Å²) in [6.07, 6.45) is 2.38. The molecule has 0 aliphatic carbocycles. The van der Waals surface area contributed by atoms with E-state index in [9.17, 15) is 4.79 Å². The van der Waals surface area contributed by atoms with Crippen molar-refractivity contribution in [2.24, 2.45) is 0 Å². The van der Waals surface area contributed by atoms with Gasteiger partial charge in [-0.25, -0.2) is 4.98 Å². The maximum absolute atomic E-state index is 11.6. The van der Waals surface area contributed by atoms with Crippen LogP contribution >= 0.6 is 11.6 Å². The van der Waals surface area contributed by atoms with Crippen LogP contribution in [0.3, 0.4) is 0 Å². The van der Waals surface area contributed by atoms with Crippen molar-refractivity contribution in [3.8, 4) is 5.88 Å². The molecule has 1 aromatic heterocycles. The van der Waals surface area contributed by atoms with Gasteiger partial charge in [-0.1, -0.05) is 29.8 Å². The maximum atomic E-state index is 11.6. The second-order valence-corrected chi connectivity index (χ2v) is 4.62. The number of carbonyl (C=O) groups is 1. The summed E-state index contributed by atoms with van der Waals surface area (Å²) in [6.45, 7) is 0.531. The molecule has 0 atom stereocenters.